The summed E-state index contributed by atoms with van der Waals surface area (Å²) in [5, 5.41) is 13.6. The zero-order chi connectivity index (χ0) is 13.7. The zero-order valence-corrected chi connectivity index (χ0v) is 11.3. The van der Waals surface area contributed by atoms with Gasteiger partial charge in [0.2, 0.25) is 5.91 Å². The Hall–Kier alpha value is -1.10. The van der Waals surface area contributed by atoms with Crippen LogP contribution in [0.2, 0.25) is 5.02 Å². The van der Waals surface area contributed by atoms with Gasteiger partial charge in [0.25, 0.3) is 0 Å². The van der Waals surface area contributed by atoms with Crippen molar-refractivity contribution in [1.82, 2.24) is 5.32 Å². The highest BCUT2D eigenvalue weighted by Gasteiger charge is 2.20. The van der Waals surface area contributed by atoms with Crippen molar-refractivity contribution in [3.05, 3.63) is 34.9 Å². The van der Waals surface area contributed by atoms with Crippen molar-refractivity contribution in [3.8, 4) is 0 Å². The molecule has 5 heteroatoms. The first-order valence-electron chi connectivity index (χ1n) is 5.88. The molecule has 2 unspecified atom stereocenters. The third-order valence-electron chi connectivity index (χ3n) is 2.76. The predicted octanol–water partition coefficient (Wildman–Crippen LogP) is 1.47. The highest BCUT2D eigenvalue weighted by Crippen LogP contribution is 2.16. The summed E-state index contributed by atoms with van der Waals surface area (Å²) < 4.78 is 0. The quantitative estimate of drug-likeness (QED) is 0.733. The van der Waals surface area contributed by atoms with Gasteiger partial charge in [0, 0.05) is 11.6 Å². The van der Waals surface area contributed by atoms with Crippen LogP contribution in [0.4, 0.5) is 0 Å². The fraction of sp³-hybridized carbons (Fsp3) is 0.462. The molecule has 18 heavy (non-hydrogen) atoms. The number of rotatable bonds is 6. The SMILES string of the molecule is CC(C)C(NCC(O)c1ccc(Cl)cc1)C(N)=O. The van der Waals surface area contributed by atoms with Gasteiger partial charge in [-0.2, -0.15) is 0 Å². The van der Waals surface area contributed by atoms with Crippen LogP contribution in [-0.2, 0) is 4.79 Å². The van der Waals surface area contributed by atoms with Crippen LogP contribution in [-0.4, -0.2) is 23.6 Å². The second kappa shape index (κ2) is 6.73. The first-order valence-corrected chi connectivity index (χ1v) is 6.26. The van der Waals surface area contributed by atoms with E-state index < -0.39 is 18.1 Å². The molecule has 0 aliphatic rings. The maximum atomic E-state index is 11.2. The number of hydrogen-bond acceptors (Lipinski definition) is 3. The van der Waals surface area contributed by atoms with E-state index in [1.165, 1.54) is 0 Å². The molecule has 4 N–H and O–H groups in total. The Labute approximate surface area is 112 Å². The molecule has 2 atom stereocenters. The summed E-state index contributed by atoms with van der Waals surface area (Å²) in [5.41, 5.74) is 6.03. The van der Waals surface area contributed by atoms with E-state index in [1.54, 1.807) is 24.3 Å². The molecule has 1 aromatic rings. The van der Waals surface area contributed by atoms with Gasteiger partial charge in [-0.15, -0.1) is 0 Å². The fourth-order valence-corrected chi connectivity index (χ4v) is 1.83. The Morgan fingerprint density at radius 2 is 1.94 bits per heavy atom. The number of benzene rings is 1. The van der Waals surface area contributed by atoms with Gasteiger partial charge < -0.3 is 16.2 Å². The number of carbonyl (C=O) groups is 1. The summed E-state index contributed by atoms with van der Waals surface area (Å²) in [6, 6.07) is 6.50. The number of primary amides is 1. The van der Waals surface area contributed by atoms with Crippen LogP contribution >= 0.6 is 11.6 Å². The number of aliphatic hydroxyl groups excluding tert-OH is 1. The Kier molecular flexibility index (Phi) is 5.59. The minimum absolute atomic E-state index is 0.0833. The minimum atomic E-state index is -0.692. The Bertz CT molecular complexity index is 392. The molecule has 1 aromatic carbocycles. The highest BCUT2D eigenvalue weighted by molar-refractivity contribution is 6.30. The van der Waals surface area contributed by atoms with E-state index >= 15 is 0 Å². The van der Waals surface area contributed by atoms with Crippen molar-refractivity contribution in [2.75, 3.05) is 6.54 Å². The number of nitrogens with two attached hydrogens (primary N) is 1. The van der Waals surface area contributed by atoms with E-state index in [1.807, 2.05) is 13.8 Å². The minimum Gasteiger partial charge on any atom is -0.387 e. The lowest BCUT2D eigenvalue weighted by molar-refractivity contribution is -0.121. The lowest BCUT2D eigenvalue weighted by Crippen LogP contribution is -2.46. The molecule has 0 saturated heterocycles. The van der Waals surface area contributed by atoms with Crippen molar-refractivity contribution in [2.24, 2.45) is 11.7 Å². The molecular formula is C13H19ClN2O2. The molecule has 0 aromatic heterocycles. The van der Waals surface area contributed by atoms with Gasteiger partial charge in [-0.25, -0.2) is 0 Å². The lowest BCUT2D eigenvalue weighted by atomic mass is 10.0. The van der Waals surface area contributed by atoms with Crippen molar-refractivity contribution in [3.63, 3.8) is 0 Å². The summed E-state index contributed by atoms with van der Waals surface area (Å²) in [5.74, 6) is -0.326. The standard InChI is InChI=1S/C13H19ClN2O2/c1-8(2)12(13(15)18)16-7-11(17)9-3-5-10(14)6-4-9/h3-6,8,11-12,16-17H,7H2,1-2H3,(H2,15,18). The van der Waals surface area contributed by atoms with Crippen LogP contribution in [0, 0.1) is 5.92 Å². The third kappa shape index (κ3) is 4.29. The van der Waals surface area contributed by atoms with Crippen LogP contribution in [0.25, 0.3) is 0 Å². The van der Waals surface area contributed by atoms with Crippen molar-refractivity contribution < 1.29 is 9.90 Å². The fourth-order valence-electron chi connectivity index (χ4n) is 1.71. The number of halogens is 1. The maximum Gasteiger partial charge on any atom is 0.234 e. The number of aliphatic hydroxyl groups is 1. The van der Waals surface area contributed by atoms with Gasteiger partial charge in [0.05, 0.1) is 12.1 Å². The average Bonchev–Trinajstić information content (AvgIpc) is 2.28. The first-order chi connectivity index (χ1) is 8.41. The molecule has 0 aliphatic carbocycles. The molecule has 4 nitrogen and oxygen atoms in total. The summed E-state index contributed by atoms with van der Waals surface area (Å²) in [6.07, 6.45) is -0.692. The largest absolute Gasteiger partial charge is 0.387 e. The monoisotopic (exact) mass is 270 g/mol. The summed E-state index contributed by atoms with van der Waals surface area (Å²) >= 11 is 5.77. The van der Waals surface area contributed by atoms with Gasteiger partial charge in [0.15, 0.2) is 0 Å². The molecule has 0 fully saturated rings. The summed E-state index contributed by atoms with van der Waals surface area (Å²) in [4.78, 5) is 11.2. The molecule has 0 spiro atoms. The lowest BCUT2D eigenvalue weighted by Gasteiger charge is -2.21. The van der Waals surface area contributed by atoms with Crippen LogP contribution in [0.5, 0.6) is 0 Å². The predicted molar refractivity (Wildman–Crippen MR) is 72.2 cm³/mol. The second-order valence-electron chi connectivity index (χ2n) is 4.60. The normalized spacial score (nSPS) is 14.5. The van der Waals surface area contributed by atoms with Crippen molar-refractivity contribution in [1.29, 1.82) is 0 Å². The molecule has 1 amide bonds. The van der Waals surface area contributed by atoms with Gasteiger partial charge in [0.1, 0.15) is 0 Å². The number of carbonyl (C=O) groups excluding carboxylic acids is 1. The number of hydrogen-bond donors (Lipinski definition) is 3. The molecule has 0 heterocycles. The van der Waals surface area contributed by atoms with E-state index in [9.17, 15) is 9.90 Å². The number of amides is 1. The van der Waals surface area contributed by atoms with Crippen LogP contribution in [0.1, 0.15) is 25.5 Å². The van der Waals surface area contributed by atoms with Crippen LogP contribution in [0.15, 0.2) is 24.3 Å². The van der Waals surface area contributed by atoms with Gasteiger partial charge in [-0.3, -0.25) is 4.79 Å². The summed E-state index contributed by atoms with van der Waals surface area (Å²) in [6.45, 7) is 4.07. The zero-order valence-electron chi connectivity index (χ0n) is 10.6. The molecule has 0 saturated carbocycles. The second-order valence-corrected chi connectivity index (χ2v) is 5.04. The molecular weight excluding hydrogens is 252 g/mol. The van der Waals surface area contributed by atoms with E-state index in [4.69, 9.17) is 17.3 Å². The molecule has 100 valence electrons. The third-order valence-corrected chi connectivity index (χ3v) is 3.01. The van der Waals surface area contributed by atoms with E-state index in [0.717, 1.165) is 5.56 Å². The van der Waals surface area contributed by atoms with Crippen molar-refractivity contribution >= 4 is 17.5 Å². The first kappa shape index (κ1) is 15.0. The highest BCUT2D eigenvalue weighted by atomic mass is 35.5. The van der Waals surface area contributed by atoms with Crippen molar-refractivity contribution in [2.45, 2.75) is 26.0 Å². The molecule has 0 radical (unpaired) electrons. The maximum absolute atomic E-state index is 11.2. The summed E-state index contributed by atoms with van der Waals surface area (Å²) in [7, 11) is 0. The van der Waals surface area contributed by atoms with E-state index in [0.29, 0.717) is 5.02 Å². The van der Waals surface area contributed by atoms with E-state index in [2.05, 4.69) is 5.32 Å². The molecule has 0 aliphatic heterocycles. The Morgan fingerprint density at radius 1 is 1.39 bits per heavy atom. The van der Waals surface area contributed by atoms with Gasteiger partial charge in [-0.05, 0) is 23.6 Å². The van der Waals surface area contributed by atoms with Gasteiger partial charge >= 0.3 is 0 Å². The Morgan fingerprint density at radius 3 is 2.39 bits per heavy atom. The molecule has 1 rings (SSSR count). The number of nitrogens with one attached hydrogen (secondary N) is 1. The average molecular weight is 271 g/mol. The smallest absolute Gasteiger partial charge is 0.234 e. The van der Waals surface area contributed by atoms with E-state index in [-0.39, 0.29) is 12.5 Å². The Balaban J connectivity index is 2.57. The topological polar surface area (TPSA) is 75.3 Å². The van der Waals surface area contributed by atoms with Gasteiger partial charge in [-0.1, -0.05) is 37.6 Å². The van der Waals surface area contributed by atoms with Crippen LogP contribution in [0.3, 0.4) is 0 Å². The van der Waals surface area contributed by atoms with Crippen LogP contribution < -0.4 is 11.1 Å². The molecule has 0 bridgehead atoms.